The molecule has 0 aliphatic carbocycles. The van der Waals surface area contributed by atoms with Crippen molar-refractivity contribution in [2.75, 3.05) is 13.2 Å². The molecule has 1 fully saturated rings. The van der Waals surface area contributed by atoms with Crippen LogP contribution in [0.4, 0.5) is 0 Å². The van der Waals surface area contributed by atoms with Gasteiger partial charge in [-0.25, -0.2) is 4.68 Å². The number of aliphatic hydroxyl groups is 1. The zero-order valence-electron chi connectivity index (χ0n) is 13.4. The number of rotatable bonds is 7. The van der Waals surface area contributed by atoms with Gasteiger partial charge in [-0.1, -0.05) is 18.6 Å². The molecule has 0 saturated carbocycles. The lowest BCUT2D eigenvalue weighted by atomic mass is 10.1. The molecule has 2 heterocycles. The molecular formula is C17H23N3O3. The summed E-state index contributed by atoms with van der Waals surface area (Å²) in [4.78, 5) is 0. The van der Waals surface area contributed by atoms with Crippen LogP contribution >= 0.6 is 0 Å². The number of aromatic nitrogens is 3. The summed E-state index contributed by atoms with van der Waals surface area (Å²) < 4.78 is 13.2. The van der Waals surface area contributed by atoms with Crippen molar-refractivity contribution < 1.29 is 14.6 Å². The van der Waals surface area contributed by atoms with Gasteiger partial charge in [0.25, 0.3) is 0 Å². The number of aliphatic hydroxyl groups excluding tert-OH is 1. The molecule has 1 aromatic carbocycles. The van der Waals surface area contributed by atoms with Crippen molar-refractivity contribution in [1.82, 2.24) is 15.0 Å². The van der Waals surface area contributed by atoms with E-state index >= 15 is 0 Å². The van der Waals surface area contributed by atoms with E-state index in [1.807, 2.05) is 24.3 Å². The Labute approximate surface area is 136 Å². The molecule has 23 heavy (non-hydrogen) atoms. The second kappa shape index (κ2) is 7.57. The Morgan fingerprint density at radius 1 is 1.35 bits per heavy atom. The Bertz CT molecular complexity index is 619. The van der Waals surface area contributed by atoms with E-state index in [-0.39, 0.29) is 12.7 Å². The Morgan fingerprint density at radius 3 is 2.83 bits per heavy atom. The molecule has 0 bridgehead atoms. The summed E-state index contributed by atoms with van der Waals surface area (Å²) in [6.45, 7) is 3.48. The first kappa shape index (κ1) is 16.0. The maximum atomic E-state index is 9.51. The highest BCUT2D eigenvalue weighted by Gasteiger charge is 2.26. The third kappa shape index (κ3) is 3.54. The zero-order chi connectivity index (χ0) is 16.1. The molecule has 1 unspecified atom stereocenters. The Balaban J connectivity index is 1.82. The van der Waals surface area contributed by atoms with Crippen LogP contribution in [0.5, 0.6) is 5.75 Å². The molecule has 2 aromatic rings. The van der Waals surface area contributed by atoms with Crippen LogP contribution in [0.3, 0.4) is 0 Å². The van der Waals surface area contributed by atoms with Gasteiger partial charge >= 0.3 is 0 Å². The van der Waals surface area contributed by atoms with E-state index in [4.69, 9.17) is 9.47 Å². The molecule has 6 nitrogen and oxygen atoms in total. The van der Waals surface area contributed by atoms with Crippen LogP contribution < -0.4 is 4.74 Å². The SMILES string of the molecule is CCCCOc1ccc(-n2nnc(CO)c2C2CCCO2)cc1. The van der Waals surface area contributed by atoms with E-state index < -0.39 is 0 Å². The highest BCUT2D eigenvalue weighted by Crippen LogP contribution is 2.31. The summed E-state index contributed by atoms with van der Waals surface area (Å²) in [5, 5.41) is 17.8. The minimum Gasteiger partial charge on any atom is -0.494 e. The van der Waals surface area contributed by atoms with Gasteiger partial charge < -0.3 is 14.6 Å². The number of unbranched alkanes of at least 4 members (excludes halogenated alkanes) is 1. The van der Waals surface area contributed by atoms with Crippen LogP contribution in [-0.2, 0) is 11.3 Å². The van der Waals surface area contributed by atoms with Gasteiger partial charge in [0.15, 0.2) is 0 Å². The smallest absolute Gasteiger partial charge is 0.119 e. The van der Waals surface area contributed by atoms with Crippen molar-refractivity contribution in [3.8, 4) is 11.4 Å². The predicted molar refractivity (Wildman–Crippen MR) is 85.6 cm³/mol. The van der Waals surface area contributed by atoms with E-state index in [1.165, 1.54) is 0 Å². The molecule has 1 saturated heterocycles. The minimum atomic E-state index is -0.132. The van der Waals surface area contributed by atoms with Crippen molar-refractivity contribution in [2.45, 2.75) is 45.3 Å². The predicted octanol–water partition coefficient (Wildman–Crippen LogP) is 2.79. The van der Waals surface area contributed by atoms with E-state index in [9.17, 15) is 5.11 Å². The molecule has 0 spiro atoms. The number of hydrogen-bond acceptors (Lipinski definition) is 5. The van der Waals surface area contributed by atoms with Crippen molar-refractivity contribution in [3.63, 3.8) is 0 Å². The van der Waals surface area contributed by atoms with Crippen LogP contribution in [-0.4, -0.2) is 33.3 Å². The van der Waals surface area contributed by atoms with Crippen molar-refractivity contribution in [2.24, 2.45) is 0 Å². The van der Waals surface area contributed by atoms with Gasteiger partial charge in [0.05, 0.1) is 24.6 Å². The number of ether oxygens (including phenoxy) is 2. The zero-order valence-corrected chi connectivity index (χ0v) is 13.4. The second-order valence-corrected chi connectivity index (χ2v) is 5.69. The maximum Gasteiger partial charge on any atom is 0.119 e. The molecule has 1 N–H and O–H groups in total. The lowest BCUT2D eigenvalue weighted by molar-refractivity contribution is 0.104. The van der Waals surface area contributed by atoms with E-state index in [0.29, 0.717) is 5.69 Å². The lowest BCUT2D eigenvalue weighted by Crippen LogP contribution is -2.09. The maximum absolute atomic E-state index is 9.51. The second-order valence-electron chi connectivity index (χ2n) is 5.69. The third-order valence-corrected chi connectivity index (χ3v) is 4.01. The topological polar surface area (TPSA) is 69.4 Å². The van der Waals surface area contributed by atoms with Gasteiger partial charge in [0.2, 0.25) is 0 Å². The fourth-order valence-corrected chi connectivity index (χ4v) is 2.76. The molecule has 1 aromatic heterocycles. The Morgan fingerprint density at radius 2 is 2.17 bits per heavy atom. The summed E-state index contributed by atoms with van der Waals surface area (Å²) in [6, 6.07) is 7.78. The first-order chi connectivity index (χ1) is 11.3. The van der Waals surface area contributed by atoms with Crippen LogP contribution in [0.1, 0.15) is 50.1 Å². The Hall–Kier alpha value is -1.92. The van der Waals surface area contributed by atoms with Crippen LogP contribution in [0.15, 0.2) is 24.3 Å². The molecule has 1 aliphatic rings. The van der Waals surface area contributed by atoms with E-state index in [2.05, 4.69) is 17.2 Å². The molecular weight excluding hydrogens is 294 g/mol. The fourth-order valence-electron chi connectivity index (χ4n) is 2.76. The normalized spacial score (nSPS) is 17.6. The highest BCUT2D eigenvalue weighted by atomic mass is 16.5. The van der Waals surface area contributed by atoms with Gasteiger partial charge in [-0.05, 0) is 43.5 Å². The molecule has 3 rings (SSSR count). The Kier molecular flexibility index (Phi) is 5.25. The van der Waals surface area contributed by atoms with Crippen LogP contribution in [0.25, 0.3) is 5.69 Å². The van der Waals surface area contributed by atoms with Crippen LogP contribution in [0.2, 0.25) is 0 Å². The molecule has 124 valence electrons. The summed E-state index contributed by atoms with van der Waals surface area (Å²) in [5.41, 5.74) is 2.33. The standard InChI is InChI=1S/C17H23N3O3/c1-2-3-10-22-14-8-6-13(7-9-14)20-17(15(12-21)18-19-20)16-5-4-11-23-16/h6-9,16,21H,2-5,10-12H2,1H3. The number of hydrogen-bond donors (Lipinski definition) is 1. The summed E-state index contributed by atoms with van der Waals surface area (Å²) in [6.07, 6.45) is 4.07. The summed E-state index contributed by atoms with van der Waals surface area (Å²) in [5.74, 6) is 0.850. The van der Waals surface area contributed by atoms with Gasteiger partial charge in [-0.15, -0.1) is 5.10 Å². The van der Waals surface area contributed by atoms with Gasteiger partial charge in [0, 0.05) is 6.61 Å². The van der Waals surface area contributed by atoms with Crippen molar-refractivity contribution >= 4 is 0 Å². The third-order valence-electron chi connectivity index (χ3n) is 4.01. The fraction of sp³-hybridized carbons (Fsp3) is 0.529. The lowest BCUT2D eigenvalue weighted by Gasteiger charge is -2.13. The molecule has 1 aliphatic heterocycles. The quantitative estimate of drug-likeness (QED) is 0.795. The molecule has 1 atom stereocenters. The molecule has 0 radical (unpaired) electrons. The van der Waals surface area contributed by atoms with Gasteiger partial charge in [-0.2, -0.15) is 0 Å². The van der Waals surface area contributed by atoms with Crippen molar-refractivity contribution in [3.05, 3.63) is 35.7 Å². The van der Waals surface area contributed by atoms with E-state index in [0.717, 1.165) is 56.0 Å². The van der Waals surface area contributed by atoms with Crippen molar-refractivity contribution in [1.29, 1.82) is 0 Å². The molecule has 6 heteroatoms. The first-order valence-corrected chi connectivity index (χ1v) is 8.23. The molecule has 0 amide bonds. The first-order valence-electron chi connectivity index (χ1n) is 8.23. The average Bonchev–Trinajstić information content (AvgIpc) is 3.24. The van der Waals surface area contributed by atoms with E-state index in [1.54, 1.807) is 4.68 Å². The monoisotopic (exact) mass is 317 g/mol. The summed E-state index contributed by atoms with van der Waals surface area (Å²) in [7, 11) is 0. The van der Waals surface area contributed by atoms with Crippen LogP contribution in [0, 0.1) is 0 Å². The van der Waals surface area contributed by atoms with Gasteiger partial charge in [0.1, 0.15) is 17.5 Å². The summed E-state index contributed by atoms with van der Waals surface area (Å²) >= 11 is 0. The highest BCUT2D eigenvalue weighted by molar-refractivity contribution is 5.39. The largest absolute Gasteiger partial charge is 0.494 e. The minimum absolute atomic E-state index is 0.0485. The van der Waals surface area contributed by atoms with Gasteiger partial charge in [-0.3, -0.25) is 0 Å². The average molecular weight is 317 g/mol. The number of benzene rings is 1. The number of nitrogens with zero attached hydrogens (tertiary/aromatic N) is 3.